The summed E-state index contributed by atoms with van der Waals surface area (Å²) in [6.07, 6.45) is 10.2. The number of hydrogen-bond acceptors (Lipinski definition) is 2. The fourth-order valence-electron chi connectivity index (χ4n) is 4.12. The van der Waals surface area contributed by atoms with Gasteiger partial charge >= 0.3 is 0 Å². The van der Waals surface area contributed by atoms with Gasteiger partial charge in [0.2, 0.25) is 0 Å². The number of hydrogen-bond donors (Lipinski definition) is 0. The Kier molecular flexibility index (Phi) is 5.65. The number of unbranched alkanes of at least 4 members (excludes halogenated alkanes) is 2. The molecule has 0 aliphatic heterocycles. The maximum atomic E-state index is 12.1. The first-order chi connectivity index (χ1) is 9.21. The summed E-state index contributed by atoms with van der Waals surface area (Å²) in [7, 11) is 6.02. The Morgan fingerprint density at radius 2 is 1.70 bits per heavy atom. The molecule has 1 aliphatic carbocycles. The molecule has 0 heterocycles. The predicted octanol–water partition coefficient (Wildman–Crippen LogP) is 2.73. The highest BCUT2D eigenvalue weighted by Gasteiger charge is 2.57. The second kappa shape index (κ2) is 6.46. The van der Waals surface area contributed by atoms with Crippen LogP contribution in [-0.2, 0) is 4.79 Å². The number of carboxylic acids is 1. The van der Waals surface area contributed by atoms with Gasteiger partial charge in [-0.3, -0.25) is 0 Å². The van der Waals surface area contributed by atoms with E-state index in [1.165, 1.54) is 19.3 Å². The van der Waals surface area contributed by atoms with E-state index in [0.29, 0.717) is 4.48 Å². The van der Waals surface area contributed by atoms with Gasteiger partial charge < -0.3 is 14.4 Å². The van der Waals surface area contributed by atoms with E-state index in [9.17, 15) is 9.90 Å². The lowest BCUT2D eigenvalue weighted by Gasteiger charge is -2.57. The van der Waals surface area contributed by atoms with Crippen LogP contribution in [0.15, 0.2) is 0 Å². The van der Waals surface area contributed by atoms with Crippen LogP contribution in [0.4, 0.5) is 0 Å². The van der Waals surface area contributed by atoms with Crippen molar-refractivity contribution in [1.29, 1.82) is 0 Å². The van der Waals surface area contributed by atoms with Gasteiger partial charge in [-0.1, -0.05) is 45.4 Å². The average molecular weight is 283 g/mol. The molecule has 3 nitrogen and oxygen atoms in total. The van der Waals surface area contributed by atoms with E-state index in [2.05, 4.69) is 6.92 Å². The van der Waals surface area contributed by atoms with Crippen LogP contribution in [0.3, 0.4) is 0 Å². The van der Waals surface area contributed by atoms with Crippen molar-refractivity contribution >= 4 is 5.97 Å². The summed E-state index contributed by atoms with van der Waals surface area (Å²) < 4.78 is 0.446. The topological polar surface area (TPSA) is 40.1 Å². The van der Waals surface area contributed by atoms with Crippen LogP contribution in [0.2, 0.25) is 0 Å². The minimum Gasteiger partial charge on any atom is -0.544 e. The molecule has 1 fully saturated rings. The lowest BCUT2D eigenvalue weighted by atomic mass is 9.58. The zero-order chi connectivity index (χ0) is 15.4. The van der Waals surface area contributed by atoms with Crippen molar-refractivity contribution in [1.82, 2.24) is 0 Å². The van der Waals surface area contributed by atoms with E-state index in [0.717, 1.165) is 38.5 Å². The highest BCUT2D eigenvalue weighted by atomic mass is 16.4. The molecule has 0 bridgehead atoms. The van der Waals surface area contributed by atoms with E-state index in [-0.39, 0.29) is 5.41 Å². The van der Waals surface area contributed by atoms with E-state index < -0.39 is 11.5 Å². The fourth-order valence-corrected chi connectivity index (χ4v) is 4.12. The van der Waals surface area contributed by atoms with Crippen LogP contribution in [0.1, 0.15) is 71.6 Å². The summed E-state index contributed by atoms with van der Waals surface area (Å²) in [5.74, 6) is -0.872. The second-order valence-corrected chi connectivity index (χ2v) is 7.67. The zero-order valence-electron chi connectivity index (χ0n) is 14.1. The fraction of sp³-hybridized carbons (Fsp3) is 0.941. The highest BCUT2D eigenvalue weighted by Crippen LogP contribution is 2.52. The molecular weight excluding hydrogens is 250 g/mol. The van der Waals surface area contributed by atoms with Crippen molar-refractivity contribution in [2.24, 2.45) is 5.41 Å². The lowest BCUT2D eigenvalue weighted by molar-refractivity contribution is -0.923. The Bertz CT molecular complexity index is 326. The number of carboxylic acid groups (broad SMARTS) is 1. The lowest BCUT2D eigenvalue weighted by Crippen LogP contribution is -2.72. The summed E-state index contributed by atoms with van der Waals surface area (Å²) in [4.78, 5) is 12.1. The largest absolute Gasteiger partial charge is 0.544 e. The first-order valence-corrected chi connectivity index (χ1v) is 8.24. The number of nitrogens with zero attached hydrogens (tertiary/aromatic N) is 1. The van der Waals surface area contributed by atoms with Gasteiger partial charge in [0.05, 0.1) is 21.1 Å². The summed E-state index contributed by atoms with van der Waals surface area (Å²) >= 11 is 0. The Morgan fingerprint density at radius 1 is 1.15 bits per heavy atom. The third-order valence-electron chi connectivity index (χ3n) is 5.84. The van der Waals surface area contributed by atoms with Crippen molar-refractivity contribution in [2.45, 2.75) is 77.2 Å². The number of quaternary nitrogens is 1. The van der Waals surface area contributed by atoms with Crippen LogP contribution in [0, 0.1) is 5.41 Å². The van der Waals surface area contributed by atoms with E-state index in [4.69, 9.17) is 0 Å². The molecule has 0 aromatic heterocycles. The molecule has 20 heavy (non-hydrogen) atoms. The third kappa shape index (κ3) is 3.03. The molecule has 1 saturated carbocycles. The maximum absolute atomic E-state index is 12.1. The van der Waals surface area contributed by atoms with E-state index >= 15 is 0 Å². The van der Waals surface area contributed by atoms with Gasteiger partial charge in [-0.25, -0.2) is 0 Å². The van der Waals surface area contributed by atoms with E-state index in [1.54, 1.807) is 0 Å². The standard InChI is InChI=1S/C17H33NO2/c1-6-7-9-12-17(13-10-8-11-14-17)16(2,15(19)20)18(3,4)5/h6-14H2,1-5H3. The molecule has 0 N–H and O–H groups in total. The van der Waals surface area contributed by atoms with Crippen molar-refractivity contribution < 1.29 is 14.4 Å². The number of aliphatic carboxylic acids is 1. The van der Waals surface area contributed by atoms with Crippen molar-refractivity contribution in [2.75, 3.05) is 21.1 Å². The molecule has 3 heteroatoms. The normalized spacial score (nSPS) is 22.2. The summed E-state index contributed by atoms with van der Waals surface area (Å²) in [5.41, 5.74) is -0.904. The van der Waals surface area contributed by atoms with Crippen molar-refractivity contribution in [3.8, 4) is 0 Å². The SMILES string of the molecule is CCCCCC1(C(C)(C(=O)[O-])[N+](C)(C)C)CCCCC1. The molecule has 0 radical (unpaired) electrons. The number of carbonyl (C=O) groups is 1. The molecule has 0 saturated heterocycles. The van der Waals surface area contributed by atoms with Crippen molar-refractivity contribution in [3.63, 3.8) is 0 Å². The van der Waals surface area contributed by atoms with Gasteiger partial charge in [0, 0.05) is 5.41 Å². The third-order valence-corrected chi connectivity index (χ3v) is 5.84. The van der Waals surface area contributed by atoms with Crippen LogP contribution in [-0.4, -0.2) is 37.1 Å². The Hall–Kier alpha value is -0.570. The van der Waals surface area contributed by atoms with Crippen LogP contribution in [0.25, 0.3) is 0 Å². The number of carbonyl (C=O) groups excluding carboxylic acids is 1. The smallest absolute Gasteiger partial charge is 0.141 e. The minimum atomic E-state index is -0.872. The van der Waals surface area contributed by atoms with Gasteiger partial charge in [-0.15, -0.1) is 0 Å². The van der Waals surface area contributed by atoms with Gasteiger partial charge in [-0.2, -0.15) is 0 Å². The molecule has 0 amide bonds. The summed E-state index contributed by atoms with van der Waals surface area (Å²) in [6, 6.07) is 0. The average Bonchev–Trinajstić information content (AvgIpc) is 2.37. The quantitative estimate of drug-likeness (QED) is 0.532. The second-order valence-electron chi connectivity index (χ2n) is 7.67. The molecule has 0 aromatic carbocycles. The van der Waals surface area contributed by atoms with Gasteiger partial charge in [0.1, 0.15) is 11.5 Å². The van der Waals surface area contributed by atoms with Crippen molar-refractivity contribution in [3.05, 3.63) is 0 Å². The van der Waals surface area contributed by atoms with Crippen LogP contribution >= 0.6 is 0 Å². The molecule has 1 aliphatic rings. The highest BCUT2D eigenvalue weighted by molar-refractivity contribution is 5.76. The molecular formula is C17H33NO2. The van der Waals surface area contributed by atoms with Crippen LogP contribution in [0.5, 0.6) is 0 Å². The molecule has 1 unspecified atom stereocenters. The van der Waals surface area contributed by atoms with Gasteiger partial charge in [-0.05, 0) is 26.2 Å². The van der Waals surface area contributed by atoms with Gasteiger partial charge in [0.15, 0.2) is 0 Å². The van der Waals surface area contributed by atoms with Crippen LogP contribution < -0.4 is 5.11 Å². The molecule has 118 valence electrons. The predicted molar refractivity (Wildman–Crippen MR) is 81.1 cm³/mol. The first-order valence-electron chi connectivity index (χ1n) is 8.24. The Labute approximate surface area is 124 Å². The number of likely N-dealkylation sites (N-methyl/N-ethyl adjacent to an activating group) is 1. The first kappa shape index (κ1) is 17.5. The molecule has 1 atom stereocenters. The molecule has 0 spiro atoms. The van der Waals surface area contributed by atoms with Gasteiger partial charge in [0.25, 0.3) is 0 Å². The summed E-state index contributed by atoms with van der Waals surface area (Å²) in [5, 5.41) is 12.1. The Balaban J connectivity index is 3.14. The molecule has 0 aromatic rings. The monoisotopic (exact) mass is 283 g/mol. The maximum Gasteiger partial charge on any atom is 0.141 e. The van der Waals surface area contributed by atoms with E-state index in [1.807, 2.05) is 28.1 Å². The Morgan fingerprint density at radius 3 is 2.10 bits per heavy atom. The molecule has 1 rings (SSSR count). The number of rotatable bonds is 7. The summed E-state index contributed by atoms with van der Waals surface area (Å²) in [6.45, 7) is 4.13. The zero-order valence-corrected chi connectivity index (χ0v) is 14.1. The minimum absolute atomic E-state index is 0.0997.